The Bertz CT molecular complexity index is 1550. The fourth-order valence-corrected chi connectivity index (χ4v) is 7.42. The lowest BCUT2D eigenvalue weighted by Crippen LogP contribution is -2.42. The van der Waals surface area contributed by atoms with Crippen LogP contribution in [0.15, 0.2) is 78.9 Å². The lowest BCUT2D eigenvalue weighted by Gasteiger charge is -2.39. The molecular formula is C39H49N5O4. The van der Waals surface area contributed by atoms with Crippen LogP contribution in [0.5, 0.6) is 0 Å². The van der Waals surface area contributed by atoms with Crippen LogP contribution in [-0.2, 0) is 16.1 Å². The standard InChI is InChI=1S/C39H49N5O4/c1-30(45)44-25-20-39(29-44)18-23-43(24-19-39)28-31-12-14-33(15-13-31)37(46)41(2)26-27-42-21-16-34(17-22-42)48-38(47)40-36-11-7-6-10-35(36)32-8-4-3-5-9-32/h3-15,34H,16-29H2,1-2H3,(H,40,47). The Morgan fingerprint density at radius 2 is 1.50 bits per heavy atom. The Kier molecular flexibility index (Phi) is 10.8. The van der Waals surface area contributed by atoms with Crippen molar-refractivity contribution in [3.63, 3.8) is 0 Å². The smallest absolute Gasteiger partial charge is 0.411 e. The van der Waals surface area contributed by atoms with Crippen molar-refractivity contribution >= 4 is 23.6 Å². The summed E-state index contributed by atoms with van der Waals surface area (Å²) in [6.07, 6.45) is 4.38. The van der Waals surface area contributed by atoms with Crippen molar-refractivity contribution in [2.75, 3.05) is 64.7 Å². The predicted octanol–water partition coefficient (Wildman–Crippen LogP) is 5.97. The third-order valence-corrected chi connectivity index (χ3v) is 10.6. The molecule has 3 aromatic carbocycles. The topological polar surface area (TPSA) is 85.4 Å². The summed E-state index contributed by atoms with van der Waals surface area (Å²) in [6, 6.07) is 25.8. The van der Waals surface area contributed by atoms with Crippen molar-refractivity contribution in [2.24, 2.45) is 5.41 Å². The fraction of sp³-hybridized carbons (Fsp3) is 0.462. The largest absolute Gasteiger partial charge is 0.446 e. The van der Waals surface area contributed by atoms with Crippen LogP contribution in [0, 0.1) is 5.41 Å². The van der Waals surface area contributed by atoms with Crippen LogP contribution in [0.4, 0.5) is 10.5 Å². The molecule has 9 nitrogen and oxygen atoms in total. The van der Waals surface area contributed by atoms with E-state index in [2.05, 4.69) is 27.2 Å². The molecule has 3 aliphatic heterocycles. The number of anilines is 1. The number of hydrogen-bond acceptors (Lipinski definition) is 6. The molecule has 48 heavy (non-hydrogen) atoms. The summed E-state index contributed by atoms with van der Waals surface area (Å²) >= 11 is 0. The predicted molar refractivity (Wildman–Crippen MR) is 189 cm³/mol. The summed E-state index contributed by atoms with van der Waals surface area (Å²) in [7, 11) is 1.86. The normalized spacial score (nSPS) is 18.5. The minimum atomic E-state index is -0.427. The number of amides is 3. The highest BCUT2D eigenvalue weighted by molar-refractivity contribution is 5.94. The molecule has 3 fully saturated rings. The van der Waals surface area contributed by atoms with E-state index in [1.165, 1.54) is 5.56 Å². The second kappa shape index (κ2) is 15.3. The van der Waals surface area contributed by atoms with Gasteiger partial charge < -0.3 is 19.4 Å². The number of carbonyl (C=O) groups is 3. The molecule has 6 rings (SSSR count). The third kappa shape index (κ3) is 8.44. The fourth-order valence-electron chi connectivity index (χ4n) is 7.42. The van der Waals surface area contributed by atoms with Gasteiger partial charge in [0.25, 0.3) is 5.91 Å². The third-order valence-electron chi connectivity index (χ3n) is 10.6. The number of rotatable bonds is 9. The Balaban J connectivity index is 0.892. The van der Waals surface area contributed by atoms with E-state index in [0.717, 1.165) is 101 Å². The van der Waals surface area contributed by atoms with Crippen molar-refractivity contribution in [1.82, 2.24) is 19.6 Å². The van der Waals surface area contributed by atoms with Gasteiger partial charge in [-0.05, 0) is 79.9 Å². The van der Waals surface area contributed by atoms with E-state index in [4.69, 9.17) is 4.74 Å². The molecule has 3 aromatic rings. The van der Waals surface area contributed by atoms with E-state index in [9.17, 15) is 14.4 Å². The Morgan fingerprint density at radius 3 is 2.19 bits per heavy atom. The molecule has 0 aromatic heterocycles. The quantitative estimate of drug-likeness (QED) is 0.307. The SMILES string of the molecule is CC(=O)N1CCC2(CCN(Cc3ccc(C(=O)N(C)CCN4CCC(OC(=O)Nc5ccccc5-c5ccccc5)CC4)cc3)CC2)C1. The van der Waals surface area contributed by atoms with E-state index in [-0.39, 0.29) is 17.9 Å². The molecule has 3 heterocycles. The van der Waals surface area contributed by atoms with Crippen molar-refractivity contribution < 1.29 is 19.1 Å². The number of carbonyl (C=O) groups excluding carboxylic acids is 3. The number of nitrogens with one attached hydrogen (secondary N) is 1. The van der Waals surface area contributed by atoms with Crippen molar-refractivity contribution in [1.29, 1.82) is 0 Å². The first-order chi connectivity index (χ1) is 23.3. The number of hydrogen-bond donors (Lipinski definition) is 1. The molecule has 1 N–H and O–H groups in total. The zero-order chi connectivity index (χ0) is 33.5. The Hall–Kier alpha value is -4.21. The molecule has 0 unspecified atom stereocenters. The summed E-state index contributed by atoms with van der Waals surface area (Å²) in [5, 5.41) is 2.94. The highest BCUT2D eigenvalue weighted by Crippen LogP contribution is 2.40. The van der Waals surface area contributed by atoms with E-state index < -0.39 is 6.09 Å². The molecule has 3 amide bonds. The summed E-state index contributed by atoms with van der Waals surface area (Å²) < 4.78 is 5.79. The summed E-state index contributed by atoms with van der Waals surface area (Å²) in [6.45, 7) is 9.55. The van der Waals surface area contributed by atoms with Gasteiger partial charge in [-0.1, -0.05) is 60.7 Å². The van der Waals surface area contributed by atoms with Gasteiger partial charge in [0.05, 0.1) is 5.69 Å². The molecule has 0 aliphatic carbocycles. The number of piperidine rings is 2. The van der Waals surface area contributed by atoms with Gasteiger partial charge in [0.1, 0.15) is 6.10 Å². The number of nitrogens with zero attached hydrogens (tertiary/aromatic N) is 4. The van der Waals surface area contributed by atoms with Crippen LogP contribution in [-0.4, -0.2) is 103 Å². The summed E-state index contributed by atoms with van der Waals surface area (Å²) in [5.74, 6) is 0.230. The molecule has 1 spiro atoms. The van der Waals surface area contributed by atoms with Gasteiger partial charge in [0.15, 0.2) is 0 Å². The van der Waals surface area contributed by atoms with Crippen LogP contribution in [0.1, 0.15) is 54.9 Å². The maximum atomic E-state index is 13.2. The molecule has 3 aliphatic rings. The number of para-hydroxylation sites is 1. The van der Waals surface area contributed by atoms with Gasteiger partial charge in [-0.3, -0.25) is 19.8 Å². The first-order valence-corrected chi connectivity index (χ1v) is 17.4. The van der Waals surface area contributed by atoms with Crippen LogP contribution in [0.3, 0.4) is 0 Å². The monoisotopic (exact) mass is 651 g/mol. The summed E-state index contributed by atoms with van der Waals surface area (Å²) in [4.78, 5) is 46.4. The highest BCUT2D eigenvalue weighted by atomic mass is 16.6. The Labute approximate surface area is 284 Å². The lowest BCUT2D eigenvalue weighted by atomic mass is 9.77. The molecule has 9 heteroatoms. The average Bonchev–Trinajstić information content (AvgIpc) is 3.53. The molecule has 0 bridgehead atoms. The Morgan fingerprint density at radius 1 is 0.833 bits per heavy atom. The van der Waals surface area contributed by atoms with E-state index in [1.54, 1.807) is 11.8 Å². The van der Waals surface area contributed by atoms with Crippen LogP contribution in [0.25, 0.3) is 11.1 Å². The van der Waals surface area contributed by atoms with E-state index in [1.807, 2.05) is 78.7 Å². The second-order valence-corrected chi connectivity index (χ2v) is 13.9. The van der Waals surface area contributed by atoms with Gasteiger partial charge in [-0.2, -0.15) is 0 Å². The van der Waals surface area contributed by atoms with Gasteiger partial charge >= 0.3 is 6.09 Å². The highest BCUT2D eigenvalue weighted by Gasteiger charge is 2.41. The van der Waals surface area contributed by atoms with Gasteiger partial charge in [0.2, 0.25) is 5.91 Å². The van der Waals surface area contributed by atoms with Gasteiger partial charge in [-0.15, -0.1) is 0 Å². The maximum absolute atomic E-state index is 13.2. The molecule has 3 saturated heterocycles. The lowest BCUT2D eigenvalue weighted by molar-refractivity contribution is -0.128. The molecule has 0 radical (unpaired) electrons. The first-order valence-electron chi connectivity index (χ1n) is 17.4. The molecule has 0 atom stereocenters. The molecule has 254 valence electrons. The number of likely N-dealkylation sites (N-methyl/N-ethyl adjacent to an activating group) is 1. The minimum Gasteiger partial charge on any atom is -0.446 e. The van der Waals surface area contributed by atoms with E-state index >= 15 is 0 Å². The van der Waals surface area contributed by atoms with Crippen molar-refractivity contribution in [2.45, 2.75) is 51.7 Å². The van der Waals surface area contributed by atoms with Crippen LogP contribution in [0.2, 0.25) is 0 Å². The second-order valence-electron chi connectivity index (χ2n) is 13.9. The average molecular weight is 652 g/mol. The first kappa shape index (κ1) is 33.7. The van der Waals surface area contributed by atoms with Crippen molar-refractivity contribution in [3.05, 3.63) is 90.0 Å². The number of likely N-dealkylation sites (tertiary alicyclic amines) is 3. The minimum absolute atomic E-state index is 0.0309. The van der Waals surface area contributed by atoms with Crippen LogP contribution >= 0.6 is 0 Å². The zero-order valence-corrected chi connectivity index (χ0v) is 28.4. The van der Waals surface area contributed by atoms with E-state index in [0.29, 0.717) is 17.5 Å². The summed E-state index contributed by atoms with van der Waals surface area (Å²) in [5.41, 5.74) is 4.97. The number of benzene rings is 3. The maximum Gasteiger partial charge on any atom is 0.411 e. The van der Waals surface area contributed by atoms with Gasteiger partial charge in [-0.25, -0.2) is 4.79 Å². The van der Waals surface area contributed by atoms with Crippen LogP contribution < -0.4 is 5.32 Å². The molecule has 0 saturated carbocycles. The van der Waals surface area contributed by atoms with Gasteiger partial charge in [0, 0.05) is 70.9 Å². The van der Waals surface area contributed by atoms with Crippen molar-refractivity contribution in [3.8, 4) is 11.1 Å². The number of ether oxygens (including phenoxy) is 1. The zero-order valence-electron chi connectivity index (χ0n) is 28.4. The molecular weight excluding hydrogens is 602 g/mol.